The molecular weight excluding hydrogens is 574 g/mol. The molecule has 0 amide bonds. The van der Waals surface area contributed by atoms with Crippen LogP contribution in [0.5, 0.6) is 0 Å². The number of benzene rings is 1. The van der Waals surface area contributed by atoms with Gasteiger partial charge in [-0.05, 0) is 30.7 Å². The Labute approximate surface area is 263 Å². The van der Waals surface area contributed by atoms with Crippen LogP contribution in [-0.2, 0) is 47.4 Å². The molecule has 252 valence electrons. The third-order valence-corrected chi connectivity index (χ3v) is 5.60. The number of carbonyl (C=O) groups is 1. The molecule has 0 saturated heterocycles. The van der Waals surface area contributed by atoms with Gasteiger partial charge in [0, 0.05) is 12.2 Å². The van der Waals surface area contributed by atoms with Gasteiger partial charge in [0.1, 0.15) is 13.2 Å². The predicted octanol–water partition coefficient (Wildman–Crippen LogP) is 2.84. The summed E-state index contributed by atoms with van der Waals surface area (Å²) in [6.45, 7) is 11.6. The first-order valence-electron chi connectivity index (χ1n) is 15.4. The number of unbranched alkanes of at least 4 members (excludes halogenated alkanes) is 1. The summed E-state index contributed by atoms with van der Waals surface area (Å²) in [4.78, 5) is 12.1. The van der Waals surface area contributed by atoms with Crippen LogP contribution in [0.2, 0.25) is 0 Å². The van der Waals surface area contributed by atoms with Gasteiger partial charge in [-0.2, -0.15) is 0 Å². The number of terminal acetylenes is 1. The molecule has 0 atom stereocenters. The fourth-order valence-corrected chi connectivity index (χ4v) is 3.30. The molecule has 1 rings (SSSR count). The number of rotatable bonds is 33. The fourth-order valence-electron chi connectivity index (χ4n) is 3.30. The van der Waals surface area contributed by atoms with E-state index >= 15 is 0 Å². The monoisotopic (exact) mass is 627 g/mol. The molecule has 0 unspecified atom stereocenters. The fraction of sp³-hybridized carbons (Fsp3) is 0.719. The molecule has 12 nitrogen and oxygen atoms in total. The summed E-state index contributed by atoms with van der Waals surface area (Å²) >= 11 is 0. The molecule has 0 saturated carbocycles. The van der Waals surface area contributed by atoms with E-state index < -0.39 is 0 Å². The number of esters is 1. The summed E-state index contributed by atoms with van der Waals surface area (Å²) in [5, 5.41) is 3.31. The van der Waals surface area contributed by atoms with Crippen LogP contribution in [0.1, 0.15) is 30.1 Å². The highest BCUT2D eigenvalue weighted by atomic mass is 16.6. The lowest BCUT2D eigenvalue weighted by atomic mass is 10.2. The average Bonchev–Trinajstić information content (AvgIpc) is 3.04. The van der Waals surface area contributed by atoms with Crippen LogP contribution in [0.3, 0.4) is 0 Å². The summed E-state index contributed by atoms with van der Waals surface area (Å²) in [5.41, 5.74) is 1.51. The molecule has 0 spiro atoms. The molecule has 0 radical (unpaired) electrons. The van der Waals surface area contributed by atoms with Crippen LogP contribution in [0, 0.1) is 12.3 Å². The highest BCUT2D eigenvalue weighted by molar-refractivity contribution is 5.89. The molecule has 0 fully saturated rings. The second kappa shape index (κ2) is 32.1. The third-order valence-electron chi connectivity index (χ3n) is 5.60. The molecule has 44 heavy (non-hydrogen) atoms. The highest BCUT2D eigenvalue weighted by Gasteiger charge is 2.06. The van der Waals surface area contributed by atoms with E-state index in [0.717, 1.165) is 25.1 Å². The first kappa shape index (κ1) is 39.7. The van der Waals surface area contributed by atoms with Crippen molar-refractivity contribution < 1.29 is 52.2 Å². The zero-order valence-electron chi connectivity index (χ0n) is 26.4. The van der Waals surface area contributed by atoms with Crippen LogP contribution in [0.25, 0.3) is 0 Å². The first-order valence-corrected chi connectivity index (χ1v) is 15.4. The van der Waals surface area contributed by atoms with Gasteiger partial charge in [0.05, 0.1) is 118 Å². The van der Waals surface area contributed by atoms with Crippen molar-refractivity contribution in [1.82, 2.24) is 0 Å². The number of ether oxygens (including phenoxy) is 10. The number of hydrogen-bond donors (Lipinski definition) is 1. The van der Waals surface area contributed by atoms with E-state index in [2.05, 4.69) is 18.2 Å². The van der Waals surface area contributed by atoms with Crippen molar-refractivity contribution in [2.75, 3.05) is 137 Å². The third kappa shape index (κ3) is 26.1. The van der Waals surface area contributed by atoms with E-state index in [4.69, 9.17) is 53.8 Å². The topological polar surface area (TPSA) is 121 Å². The molecule has 1 N–H and O–H groups in total. The van der Waals surface area contributed by atoms with E-state index in [9.17, 15) is 4.79 Å². The lowest BCUT2D eigenvalue weighted by molar-refractivity contribution is -0.0255. The lowest BCUT2D eigenvalue weighted by Gasteiger charge is -2.09. The minimum absolute atomic E-state index is 0.191. The molecule has 0 bridgehead atoms. The molecule has 12 heteroatoms. The number of anilines is 1. The van der Waals surface area contributed by atoms with Gasteiger partial charge in [-0.25, -0.2) is 4.79 Å². The predicted molar refractivity (Wildman–Crippen MR) is 166 cm³/mol. The quantitative estimate of drug-likeness (QED) is 0.0701. The Hall–Kier alpha value is -2.31. The SMILES string of the molecule is C#CCOCCOCCOCCOCCOCCOCCOCCOCCOCCOC(=O)c1ccc(NCCCC)cc1. The summed E-state index contributed by atoms with van der Waals surface area (Å²) < 4.78 is 53.8. The molecule has 0 aliphatic rings. The first-order chi connectivity index (χ1) is 21.8. The van der Waals surface area contributed by atoms with Gasteiger partial charge in [-0.15, -0.1) is 6.42 Å². The standard InChI is InChI=1S/C32H53NO11/c1-3-5-10-33-31-8-6-30(7-9-31)32(34)44-29-28-43-27-26-42-25-24-41-23-22-40-21-20-39-19-18-38-17-16-37-15-14-36-13-12-35-11-4-2/h2,6-9,33H,3,5,10-29H2,1H3. The van der Waals surface area contributed by atoms with Gasteiger partial charge in [-0.3, -0.25) is 0 Å². The van der Waals surface area contributed by atoms with Gasteiger partial charge in [0.25, 0.3) is 0 Å². The Morgan fingerprint density at radius 1 is 0.591 bits per heavy atom. The number of hydrogen-bond acceptors (Lipinski definition) is 12. The Balaban J connectivity index is 1.73. The Bertz CT molecular complexity index is 804. The van der Waals surface area contributed by atoms with Gasteiger partial charge >= 0.3 is 5.97 Å². The van der Waals surface area contributed by atoms with Crippen molar-refractivity contribution in [3.05, 3.63) is 29.8 Å². The van der Waals surface area contributed by atoms with Crippen molar-refractivity contribution in [1.29, 1.82) is 0 Å². The van der Waals surface area contributed by atoms with Crippen molar-refractivity contribution in [3.63, 3.8) is 0 Å². The van der Waals surface area contributed by atoms with Gasteiger partial charge < -0.3 is 52.7 Å². The number of carbonyl (C=O) groups excluding carboxylic acids is 1. The second-order valence-corrected chi connectivity index (χ2v) is 9.15. The Morgan fingerprint density at radius 3 is 1.32 bits per heavy atom. The minimum Gasteiger partial charge on any atom is -0.460 e. The molecule has 0 aromatic heterocycles. The normalized spacial score (nSPS) is 11.0. The van der Waals surface area contributed by atoms with Gasteiger partial charge in [0.2, 0.25) is 0 Å². The molecule has 0 aliphatic carbocycles. The maximum atomic E-state index is 12.1. The van der Waals surface area contributed by atoms with Crippen LogP contribution in [0.15, 0.2) is 24.3 Å². The largest absolute Gasteiger partial charge is 0.460 e. The van der Waals surface area contributed by atoms with E-state index in [0.29, 0.717) is 124 Å². The molecule has 1 aromatic carbocycles. The summed E-state index contributed by atoms with van der Waals surface area (Å²) in [6, 6.07) is 7.29. The van der Waals surface area contributed by atoms with Crippen LogP contribution >= 0.6 is 0 Å². The minimum atomic E-state index is -0.361. The van der Waals surface area contributed by atoms with Crippen LogP contribution in [0.4, 0.5) is 5.69 Å². The molecule has 0 heterocycles. The molecule has 0 aliphatic heterocycles. The lowest BCUT2D eigenvalue weighted by Crippen LogP contribution is -2.15. The van der Waals surface area contributed by atoms with Crippen molar-refractivity contribution >= 4 is 11.7 Å². The maximum absolute atomic E-state index is 12.1. The van der Waals surface area contributed by atoms with Crippen LogP contribution < -0.4 is 5.32 Å². The van der Waals surface area contributed by atoms with E-state index in [1.165, 1.54) is 0 Å². The van der Waals surface area contributed by atoms with Crippen molar-refractivity contribution in [2.24, 2.45) is 0 Å². The Kier molecular flexibility index (Phi) is 29.0. The van der Waals surface area contributed by atoms with Gasteiger partial charge in [-0.1, -0.05) is 19.3 Å². The van der Waals surface area contributed by atoms with Crippen molar-refractivity contribution in [2.45, 2.75) is 19.8 Å². The molecular formula is C32H53NO11. The average molecular weight is 628 g/mol. The maximum Gasteiger partial charge on any atom is 0.338 e. The number of nitrogens with one attached hydrogen (secondary N) is 1. The van der Waals surface area contributed by atoms with Gasteiger partial charge in [0.15, 0.2) is 0 Å². The summed E-state index contributed by atoms with van der Waals surface area (Å²) in [7, 11) is 0. The van der Waals surface area contributed by atoms with E-state index in [-0.39, 0.29) is 12.6 Å². The smallest absolute Gasteiger partial charge is 0.338 e. The second-order valence-electron chi connectivity index (χ2n) is 9.15. The Morgan fingerprint density at radius 2 is 0.955 bits per heavy atom. The summed E-state index contributed by atoms with van der Waals surface area (Å²) in [6.07, 6.45) is 7.32. The zero-order valence-corrected chi connectivity index (χ0v) is 26.4. The van der Waals surface area contributed by atoms with Crippen LogP contribution in [-0.4, -0.2) is 138 Å². The molecule has 1 aromatic rings. The zero-order chi connectivity index (χ0) is 31.6. The summed E-state index contributed by atoms with van der Waals surface area (Å²) in [5.74, 6) is 2.03. The van der Waals surface area contributed by atoms with Crippen molar-refractivity contribution in [3.8, 4) is 12.3 Å². The van der Waals surface area contributed by atoms with E-state index in [1.807, 2.05) is 12.1 Å². The highest BCUT2D eigenvalue weighted by Crippen LogP contribution is 2.10. The van der Waals surface area contributed by atoms with E-state index in [1.54, 1.807) is 12.1 Å².